The number of rotatable bonds is 8. The van der Waals surface area contributed by atoms with Crippen molar-refractivity contribution in [3.63, 3.8) is 0 Å². The quantitative estimate of drug-likeness (QED) is 0.578. The Morgan fingerprint density at radius 3 is 2.37 bits per heavy atom. The molecule has 0 atom stereocenters. The van der Waals surface area contributed by atoms with E-state index in [2.05, 4.69) is 16.6 Å². The Balaban J connectivity index is 1.91. The lowest BCUT2D eigenvalue weighted by Crippen LogP contribution is -2.12. The molecule has 0 spiro atoms. The molecule has 0 unspecified atom stereocenters. The van der Waals surface area contributed by atoms with Crippen molar-refractivity contribution < 1.29 is 13.2 Å². The van der Waals surface area contributed by atoms with Crippen LogP contribution in [0, 0.1) is 0 Å². The Morgan fingerprint density at radius 1 is 1.04 bits per heavy atom. The van der Waals surface area contributed by atoms with E-state index in [0.29, 0.717) is 11.7 Å². The van der Waals surface area contributed by atoms with Crippen LogP contribution in [0.3, 0.4) is 0 Å². The van der Waals surface area contributed by atoms with Crippen LogP contribution in [-0.4, -0.2) is 20.0 Å². The number of sulfonamides is 1. The third-order valence-electron chi connectivity index (χ3n) is 3.89. The molecule has 0 bridgehead atoms. The second kappa shape index (κ2) is 8.54. The third-order valence-corrected chi connectivity index (χ3v) is 6.40. The number of aromatic nitrogens is 1. The second-order valence-electron chi connectivity index (χ2n) is 5.92. The van der Waals surface area contributed by atoms with Crippen LogP contribution < -0.4 is 9.46 Å². The highest BCUT2D eigenvalue weighted by atomic mass is 32.2. The van der Waals surface area contributed by atoms with Crippen molar-refractivity contribution in [1.29, 1.82) is 0 Å². The van der Waals surface area contributed by atoms with Gasteiger partial charge in [-0.25, -0.2) is 13.4 Å². The monoisotopic (exact) mass is 402 g/mol. The van der Waals surface area contributed by atoms with Crippen molar-refractivity contribution >= 4 is 26.5 Å². The molecule has 2 aromatic carbocycles. The van der Waals surface area contributed by atoms with E-state index < -0.39 is 10.0 Å². The number of ether oxygens (including phenoxy) is 1. The molecule has 0 fully saturated rings. The molecule has 0 amide bonds. The minimum atomic E-state index is -3.65. The summed E-state index contributed by atoms with van der Waals surface area (Å²) in [7, 11) is -3.65. The number of hydrogen-bond acceptors (Lipinski definition) is 5. The van der Waals surface area contributed by atoms with Gasteiger partial charge in [0.1, 0.15) is 5.75 Å². The highest BCUT2D eigenvalue weighted by Crippen LogP contribution is 2.34. The number of nitrogens with zero attached hydrogens (tertiary/aromatic N) is 1. The van der Waals surface area contributed by atoms with Crippen molar-refractivity contribution in [2.75, 3.05) is 11.3 Å². The smallest absolute Gasteiger partial charge is 0.263 e. The Kier molecular flexibility index (Phi) is 6.13. The summed E-state index contributed by atoms with van der Waals surface area (Å²) >= 11 is 1.38. The van der Waals surface area contributed by atoms with E-state index in [1.807, 2.05) is 31.2 Å². The average molecular weight is 403 g/mol. The molecular formula is C20H22N2O3S2. The molecular weight excluding hydrogens is 380 g/mol. The normalized spacial score (nSPS) is 11.3. The molecule has 142 valence electrons. The van der Waals surface area contributed by atoms with Gasteiger partial charge in [-0.05, 0) is 49.7 Å². The second-order valence-corrected chi connectivity index (χ2v) is 8.68. The predicted octanol–water partition coefficient (Wildman–Crippen LogP) is 4.96. The summed E-state index contributed by atoms with van der Waals surface area (Å²) in [6.07, 6.45) is 1.80. The number of hydrogen-bond donors (Lipinski definition) is 1. The number of nitrogens with one attached hydrogen (secondary N) is 1. The maximum absolute atomic E-state index is 12.6. The number of anilines is 1. The molecule has 0 radical (unpaired) electrons. The van der Waals surface area contributed by atoms with E-state index in [1.54, 1.807) is 30.3 Å². The van der Waals surface area contributed by atoms with Crippen LogP contribution in [0.25, 0.3) is 11.3 Å². The van der Waals surface area contributed by atoms with Crippen molar-refractivity contribution in [3.05, 3.63) is 59.5 Å². The molecule has 7 heteroatoms. The third kappa shape index (κ3) is 4.67. The molecule has 1 heterocycles. The van der Waals surface area contributed by atoms with Gasteiger partial charge in [0.15, 0.2) is 5.13 Å². The lowest BCUT2D eigenvalue weighted by molar-refractivity contribution is 0.340. The number of aryl methyl sites for hydroxylation is 1. The molecule has 0 aliphatic rings. The number of thiazole rings is 1. The first-order valence-corrected chi connectivity index (χ1v) is 11.1. The molecule has 5 nitrogen and oxygen atoms in total. The zero-order valence-electron chi connectivity index (χ0n) is 15.3. The molecule has 0 saturated carbocycles. The van der Waals surface area contributed by atoms with Gasteiger partial charge in [0, 0.05) is 10.4 Å². The van der Waals surface area contributed by atoms with E-state index in [1.165, 1.54) is 11.3 Å². The van der Waals surface area contributed by atoms with Crippen LogP contribution in [-0.2, 0) is 16.4 Å². The summed E-state index contributed by atoms with van der Waals surface area (Å²) in [5.74, 6) is 0.804. The highest BCUT2D eigenvalue weighted by molar-refractivity contribution is 7.93. The van der Waals surface area contributed by atoms with Gasteiger partial charge < -0.3 is 4.74 Å². The lowest BCUT2D eigenvalue weighted by Gasteiger charge is -2.05. The molecule has 0 saturated heterocycles. The zero-order valence-corrected chi connectivity index (χ0v) is 16.9. The Labute approximate surface area is 164 Å². The predicted molar refractivity (Wildman–Crippen MR) is 110 cm³/mol. The Bertz CT molecular complexity index is 982. The fraction of sp³-hybridized carbons (Fsp3) is 0.250. The standard InChI is InChI=1S/C20H22N2O3S2/c1-3-8-18-19(15-11-13-16(14-12-15)25-4-2)21-20(26-18)22-27(23,24)17-9-6-5-7-10-17/h5-7,9-14H,3-4,8H2,1-2H3,(H,21,22). The van der Waals surface area contributed by atoms with Crippen LogP contribution in [0.15, 0.2) is 59.5 Å². The van der Waals surface area contributed by atoms with Crippen molar-refractivity contribution in [2.24, 2.45) is 0 Å². The van der Waals surface area contributed by atoms with Crippen molar-refractivity contribution in [1.82, 2.24) is 4.98 Å². The molecule has 27 heavy (non-hydrogen) atoms. The van der Waals surface area contributed by atoms with Crippen LogP contribution in [0.1, 0.15) is 25.1 Å². The highest BCUT2D eigenvalue weighted by Gasteiger charge is 2.19. The van der Waals surface area contributed by atoms with E-state index in [9.17, 15) is 8.42 Å². The first-order valence-electron chi connectivity index (χ1n) is 8.84. The summed E-state index contributed by atoms with van der Waals surface area (Å²) in [5.41, 5.74) is 1.76. The molecule has 0 aliphatic heterocycles. The molecule has 3 rings (SSSR count). The topological polar surface area (TPSA) is 68.3 Å². The molecule has 1 aromatic heterocycles. The first kappa shape index (κ1) is 19.4. The van der Waals surface area contributed by atoms with Gasteiger partial charge >= 0.3 is 0 Å². The van der Waals surface area contributed by atoms with Crippen molar-refractivity contribution in [3.8, 4) is 17.0 Å². The molecule has 0 aliphatic carbocycles. The molecule has 1 N–H and O–H groups in total. The summed E-state index contributed by atoms with van der Waals surface area (Å²) in [6.45, 7) is 4.65. The molecule has 3 aromatic rings. The van der Waals surface area contributed by atoms with Crippen LogP contribution in [0.4, 0.5) is 5.13 Å². The van der Waals surface area contributed by atoms with Crippen LogP contribution in [0.2, 0.25) is 0 Å². The van der Waals surface area contributed by atoms with Crippen molar-refractivity contribution in [2.45, 2.75) is 31.6 Å². The Morgan fingerprint density at radius 2 is 1.74 bits per heavy atom. The van der Waals surface area contributed by atoms with Gasteiger partial charge in [-0.3, -0.25) is 4.72 Å². The average Bonchev–Trinajstić information content (AvgIpc) is 3.05. The summed E-state index contributed by atoms with van der Waals surface area (Å²) in [5, 5.41) is 0.381. The minimum Gasteiger partial charge on any atom is -0.494 e. The minimum absolute atomic E-state index is 0.222. The maximum atomic E-state index is 12.6. The SMILES string of the molecule is CCCc1sc(NS(=O)(=O)c2ccccc2)nc1-c1ccc(OCC)cc1. The fourth-order valence-corrected chi connectivity index (χ4v) is 5.01. The summed E-state index contributed by atoms with van der Waals surface area (Å²) in [4.78, 5) is 5.86. The van der Waals surface area contributed by atoms with Gasteiger partial charge in [0.05, 0.1) is 17.2 Å². The summed E-state index contributed by atoms with van der Waals surface area (Å²) < 4.78 is 33.2. The van der Waals surface area contributed by atoms with Gasteiger partial charge in [0.25, 0.3) is 10.0 Å². The van der Waals surface area contributed by atoms with Gasteiger partial charge in [0.2, 0.25) is 0 Å². The summed E-state index contributed by atoms with van der Waals surface area (Å²) in [6, 6.07) is 16.0. The fourth-order valence-electron chi connectivity index (χ4n) is 2.67. The van der Waals surface area contributed by atoms with Crippen LogP contribution >= 0.6 is 11.3 Å². The van der Waals surface area contributed by atoms with E-state index >= 15 is 0 Å². The van der Waals surface area contributed by atoms with E-state index in [4.69, 9.17) is 4.74 Å². The zero-order chi connectivity index (χ0) is 19.3. The van der Waals surface area contributed by atoms with Crippen LogP contribution in [0.5, 0.6) is 5.75 Å². The van der Waals surface area contributed by atoms with Gasteiger partial charge in [-0.15, -0.1) is 11.3 Å². The largest absolute Gasteiger partial charge is 0.494 e. The number of benzene rings is 2. The van der Waals surface area contributed by atoms with E-state index in [-0.39, 0.29) is 4.90 Å². The lowest BCUT2D eigenvalue weighted by atomic mass is 10.1. The van der Waals surface area contributed by atoms with Gasteiger partial charge in [-0.2, -0.15) is 0 Å². The Hall–Kier alpha value is -2.38. The maximum Gasteiger partial charge on any atom is 0.263 e. The first-order chi connectivity index (χ1) is 13.0. The van der Waals surface area contributed by atoms with Gasteiger partial charge in [-0.1, -0.05) is 31.5 Å². The van der Waals surface area contributed by atoms with E-state index in [0.717, 1.165) is 34.7 Å².